The van der Waals surface area contributed by atoms with Crippen molar-refractivity contribution < 1.29 is 0 Å². The van der Waals surface area contributed by atoms with Crippen molar-refractivity contribution >= 4 is 21.9 Å². The Bertz CT molecular complexity index is 708. The Labute approximate surface area is 85.0 Å². The molecule has 0 unspecified atom stereocenters. The van der Waals surface area contributed by atoms with E-state index in [0.717, 1.165) is 16.7 Å². The summed E-state index contributed by atoms with van der Waals surface area (Å²) in [6.07, 6.45) is 0. The van der Waals surface area contributed by atoms with Gasteiger partial charge in [0.15, 0.2) is 5.65 Å². The van der Waals surface area contributed by atoms with Gasteiger partial charge in [-0.25, -0.2) is 4.98 Å². The number of fused-ring (bicyclic) bond motifs is 3. The van der Waals surface area contributed by atoms with Crippen LogP contribution in [0.2, 0.25) is 0 Å². The van der Waals surface area contributed by atoms with Crippen molar-refractivity contribution in [3.05, 3.63) is 40.4 Å². The Morgan fingerprint density at radius 3 is 2.67 bits per heavy atom. The van der Waals surface area contributed by atoms with E-state index in [-0.39, 0.29) is 5.56 Å². The van der Waals surface area contributed by atoms with Crippen molar-refractivity contribution in [3.63, 3.8) is 0 Å². The Morgan fingerprint density at radius 2 is 1.87 bits per heavy atom. The molecule has 0 saturated heterocycles. The summed E-state index contributed by atoms with van der Waals surface area (Å²) in [4.78, 5) is 21.8. The molecule has 0 bridgehead atoms. The molecule has 4 nitrogen and oxygen atoms in total. The predicted octanol–water partition coefficient (Wildman–Crippen LogP) is 1.71. The summed E-state index contributed by atoms with van der Waals surface area (Å²) in [6, 6.07) is 7.50. The summed E-state index contributed by atoms with van der Waals surface area (Å²) in [7, 11) is 0. The Balaban J connectivity index is 2.69. The standard InChI is InChI=1S/C11H9N3O/c1-6-12-9-7-4-2-3-5-8(7)11(15)14-10(9)13-6/h2-5H,1H3,(H2,12,13,14,15). The lowest BCUT2D eigenvalue weighted by Crippen LogP contribution is -2.05. The van der Waals surface area contributed by atoms with Crippen LogP contribution in [0.15, 0.2) is 29.1 Å². The SMILES string of the molecule is Cc1nc2[nH]c(=O)c3ccccc3c2[nH]1. The number of aromatic nitrogens is 3. The molecule has 3 rings (SSSR count). The molecular formula is C11H9N3O. The summed E-state index contributed by atoms with van der Waals surface area (Å²) in [5.74, 6) is 0.803. The molecule has 1 aromatic carbocycles. The largest absolute Gasteiger partial charge is 0.340 e. The number of hydrogen-bond acceptors (Lipinski definition) is 2. The second-order valence-corrected chi connectivity index (χ2v) is 3.55. The first-order valence-electron chi connectivity index (χ1n) is 4.73. The molecule has 0 aliphatic carbocycles. The molecule has 74 valence electrons. The van der Waals surface area contributed by atoms with Crippen LogP contribution >= 0.6 is 0 Å². The number of aromatic amines is 2. The van der Waals surface area contributed by atoms with Gasteiger partial charge in [0.05, 0.1) is 5.52 Å². The molecule has 4 heteroatoms. The highest BCUT2D eigenvalue weighted by molar-refractivity contribution is 6.01. The number of hydrogen-bond donors (Lipinski definition) is 2. The minimum Gasteiger partial charge on any atom is -0.340 e. The first kappa shape index (κ1) is 8.23. The van der Waals surface area contributed by atoms with Crippen LogP contribution in [0.5, 0.6) is 0 Å². The number of nitrogens with one attached hydrogen (secondary N) is 2. The topological polar surface area (TPSA) is 61.5 Å². The second-order valence-electron chi connectivity index (χ2n) is 3.55. The van der Waals surface area contributed by atoms with Crippen LogP contribution in [-0.4, -0.2) is 15.0 Å². The van der Waals surface area contributed by atoms with Gasteiger partial charge in [-0.15, -0.1) is 0 Å². The zero-order chi connectivity index (χ0) is 10.4. The van der Waals surface area contributed by atoms with Crippen LogP contribution in [0.1, 0.15) is 5.82 Å². The molecule has 3 aromatic rings. The molecule has 0 atom stereocenters. The summed E-state index contributed by atoms with van der Waals surface area (Å²) in [6.45, 7) is 1.87. The van der Waals surface area contributed by atoms with Crippen molar-refractivity contribution in [2.24, 2.45) is 0 Å². The van der Waals surface area contributed by atoms with Crippen molar-refractivity contribution in [2.45, 2.75) is 6.92 Å². The lowest BCUT2D eigenvalue weighted by Gasteiger charge is -1.96. The van der Waals surface area contributed by atoms with Gasteiger partial charge in [-0.05, 0) is 13.0 Å². The fourth-order valence-electron chi connectivity index (χ4n) is 1.85. The molecule has 0 aliphatic rings. The molecule has 0 saturated carbocycles. The van der Waals surface area contributed by atoms with E-state index < -0.39 is 0 Å². The molecule has 2 N–H and O–H groups in total. The highest BCUT2D eigenvalue weighted by atomic mass is 16.1. The normalized spacial score (nSPS) is 11.3. The molecule has 0 fully saturated rings. The van der Waals surface area contributed by atoms with Gasteiger partial charge >= 0.3 is 0 Å². The lowest BCUT2D eigenvalue weighted by atomic mass is 10.1. The average Bonchev–Trinajstić information content (AvgIpc) is 2.59. The molecule has 0 radical (unpaired) electrons. The lowest BCUT2D eigenvalue weighted by molar-refractivity contribution is 1.16. The molecule has 2 aromatic heterocycles. The van der Waals surface area contributed by atoms with Gasteiger partial charge in [-0.1, -0.05) is 18.2 Å². The third kappa shape index (κ3) is 1.08. The molecular weight excluding hydrogens is 190 g/mol. The van der Waals surface area contributed by atoms with Crippen LogP contribution in [-0.2, 0) is 0 Å². The molecule has 0 spiro atoms. The maximum absolute atomic E-state index is 11.7. The van der Waals surface area contributed by atoms with Gasteiger partial charge in [0, 0.05) is 10.8 Å². The number of rotatable bonds is 0. The fourth-order valence-corrected chi connectivity index (χ4v) is 1.85. The van der Waals surface area contributed by atoms with E-state index in [1.165, 1.54) is 0 Å². The molecule has 0 amide bonds. The monoisotopic (exact) mass is 199 g/mol. The number of aryl methyl sites for hydroxylation is 1. The van der Waals surface area contributed by atoms with Crippen molar-refractivity contribution in [1.29, 1.82) is 0 Å². The molecule has 0 aliphatic heterocycles. The van der Waals surface area contributed by atoms with Gasteiger partial charge in [0.1, 0.15) is 5.82 Å². The first-order chi connectivity index (χ1) is 7.25. The van der Waals surface area contributed by atoms with E-state index >= 15 is 0 Å². The number of nitrogens with zero attached hydrogens (tertiary/aromatic N) is 1. The number of pyridine rings is 1. The Kier molecular flexibility index (Phi) is 1.48. The second kappa shape index (κ2) is 2.70. The third-order valence-electron chi connectivity index (χ3n) is 2.50. The van der Waals surface area contributed by atoms with E-state index in [1.54, 1.807) is 0 Å². The van der Waals surface area contributed by atoms with Crippen LogP contribution in [0, 0.1) is 6.92 Å². The van der Waals surface area contributed by atoms with Crippen molar-refractivity contribution in [2.75, 3.05) is 0 Å². The van der Waals surface area contributed by atoms with Gasteiger partial charge in [0.25, 0.3) is 5.56 Å². The van der Waals surface area contributed by atoms with E-state index in [9.17, 15) is 4.79 Å². The Hall–Kier alpha value is -2.10. The van der Waals surface area contributed by atoms with Crippen LogP contribution in [0.4, 0.5) is 0 Å². The number of imidazole rings is 1. The van der Waals surface area contributed by atoms with E-state index in [4.69, 9.17) is 0 Å². The summed E-state index contributed by atoms with van der Waals surface area (Å²) < 4.78 is 0. The summed E-state index contributed by atoms with van der Waals surface area (Å²) >= 11 is 0. The van der Waals surface area contributed by atoms with Crippen LogP contribution in [0.25, 0.3) is 21.9 Å². The quantitative estimate of drug-likeness (QED) is 0.579. The minimum atomic E-state index is -0.0930. The summed E-state index contributed by atoms with van der Waals surface area (Å²) in [5, 5.41) is 1.60. The minimum absolute atomic E-state index is 0.0930. The third-order valence-corrected chi connectivity index (χ3v) is 2.50. The zero-order valence-corrected chi connectivity index (χ0v) is 8.16. The van der Waals surface area contributed by atoms with E-state index in [0.29, 0.717) is 11.0 Å². The zero-order valence-electron chi connectivity index (χ0n) is 8.16. The van der Waals surface area contributed by atoms with Crippen molar-refractivity contribution in [1.82, 2.24) is 15.0 Å². The molecule has 15 heavy (non-hydrogen) atoms. The highest BCUT2D eigenvalue weighted by Gasteiger charge is 2.06. The van der Waals surface area contributed by atoms with E-state index in [1.807, 2.05) is 31.2 Å². The van der Waals surface area contributed by atoms with Gasteiger partial charge in [0.2, 0.25) is 0 Å². The maximum Gasteiger partial charge on any atom is 0.257 e. The maximum atomic E-state index is 11.7. The van der Waals surface area contributed by atoms with Gasteiger partial charge in [-0.3, -0.25) is 4.79 Å². The van der Waals surface area contributed by atoms with E-state index in [2.05, 4.69) is 15.0 Å². The Morgan fingerprint density at radius 1 is 1.13 bits per heavy atom. The molecule has 2 heterocycles. The van der Waals surface area contributed by atoms with Gasteiger partial charge < -0.3 is 9.97 Å². The smallest absolute Gasteiger partial charge is 0.257 e. The highest BCUT2D eigenvalue weighted by Crippen LogP contribution is 2.18. The van der Waals surface area contributed by atoms with Crippen molar-refractivity contribution in [3.8, 4) is 0 Å². The first-order valence-corrected chi connectivity index (χ1v) is 4.73. The number of H-pyrrole nitrogens is 2. The van der Waals surface area contributed by atoms with Crippen LogP contribution in [0.3, 0.4) is 0 Å². The van der Waals surface area contributed by atoms with Crippen LogP contribution < -0.4 is 5.56 Å². The summed E-state index contributed by atoms with van der Waals surface area (Å²) in [5.41, 5.74) is 1.42. The fraction of sp³-hybridized carbons (Fsp3) is 0.0909. The van der Waals surface area contributed by atoms with Gasteiger partial charge in [-0.2, -0.15) is 0 Å². The average molecular weight is 199 g/mol. The number of benzene rings is 1. The predicted molar refractivity (Wildman–Crippen MR) is 59.0 cm³/mol.